The number of hydrogen-bond donors (Lipinski definition) is 4. The van der Waals surface area contributed by atoms with Crippen molar-refractivity contribution in [2.24, 2.45) is 0 Å². The summed E-state index contributed by atoms with van der Waals surface area (Å²) in [7, 11) is 0. The molecule has 2 amide bonds. The van der Waals surface area contributed by atoms with Crippen molar-refractivity contribution < 1.29 is 9.59 Å². The first-order chi connectivity index (χ1) is 13.1. The first kappa shape index (κ1) is 17.8. The summed E-state index contributed by atoms with van der Waals surface area (Å²) in [6.45, 7) is 0. The van der Waals surface area contributed by atoms with Crippen molar-refractivity contribution in [3.05, 3.63) is 98.8 Å². The molecular weight excluding hydrogens is 350 g/mol. The molecule has 3 rings (SSSR count). The van der Waals surface area contributed by atoms with Crippen LogP contribution in [-0.2, 0) is 0 Å². The topological polar surface area (TPSA) is 127 Å². The molecule has 0 radical (unpaired) electrons. The average molecular weight is 365 g/mol. The van der Waals surface area contributed by atoms with Crippen LogP contribution in [0.5, 0.6) is 0 Å². The van der Waals surface area contributed by atoms with Crippen molar-refractivity contribution in [1.29, 1.82) is 0 Å². The Balaban J connectivity index is 1.84. The molecule has 9 heteroatoms. The van der Waals surface area contributed by atoms with Crippen molar-refractivity contribution in [2.75, 3.05) is 5.01 Å². The Labute approximate surface area is 152 Å². The van der Waals surface area contributed by atoms with Gasteiger partial charge in [0, 0.05) is 11.8 Å². The Morgan fingerprint density at radius 2 is 1.52 bits per heavy atom. The highest BCUT2D eigenvalue weighted by Gasteiger charge is 2.19. The smallest absolute Gasteiger partial charge is 0.313 e. The second-order valence-electron chi connectivity index (χ2n) is 5.39. The predicted octanol–water partition coefficient (Wildman–Crippen LogP) is 0.560. The number of aromatic amines is 2. The zero-order chi connectivity index (χ0) is 19.2. The van der Waals surface area contributed by atoms with E-state index in [-0.39, 0.29) is 5.56 Å². The molecule has 27 heavy (non-hydrogen) atoms. The molecule has 0 aliphatic rings. The molecule has 0 atom stereocenters. The average Bonchev–Trinajstić information content (AvgIpc) is 2.69. The number of carbonyl (C=O) groups excluding carboxylic acids is 2. The second-order valence-corrected chi connectivity index (χ2v) is 5.39. The van der Waals surface area contributed by atoms with Gasteiger partial charge in [0.25, 0.3) is 17.4 Å². The number of amides is 2. The highest BCUT2D eigenvalue weighted by atomic mass is 16.2. The molecule has 1 heterocycles. The lowest BCUT2D eigenvalue weighted by Gasteiger charge is -2.23. The van der Waals surface area contributed by atoms with E-state index < -0.39 is 23.1 Å². The maximum atomic E-state index is 12.8. The molecule has 2 aromatic carbocycles. The van der Waals surface area contributed by atoms with Crippen molar-refractivity contribution >= 4 is 17.5 Å². The molecule has 0 saturated carbocycles. The van der Waals surface area contributed by atoms with Gasteiger partial charge in [-0.2, -0.15) is 0 Å². The zero-order valence-electron chi connectivity index (χ0n) is 13.9. The monoisotopic (exact) mass is 365 g/mol. The molecule has 0 aliphatic heterocycles. The summed E-state index contributed by atoms with van der Waals surface area (Å²) < 4.78 is 0. The molecule has 9 nitrogen and oxygen atoms in total. The summed E-state index contributed by atoms with van der Waals surface area (Å²) in [5.74, 6) is -1.24. The van der Waals surface area contributed by atoms with Gasteiger partial charge in [-0.25, -0.2) is 9.80 Å². The number of benzene rings is 2. The third-order valence-electron chi connectivity index (χ3n) is 3.58. The van der Waals surface area contributed by atoms with Crippen LogP contribution < -0.4 is 27.2 Å². The number of para-hydroxylation sites is 1. The fourth-order valence-corrected chi connectivity index (χ4v) is 2.27. The molecule has 0 saturated heterocycles. The van der Waals surface area contributed by atoms with Gasteiger partial charge in [0.1, 0.15) is 5.56 Å². The van der Waals surface area contributed by atoms with E-state index >= 15 is 0 Å². The number of anilines is 1. The Hall–Kier alpha value is -3.98. The van der Waals surface area contributed by atoms with E-state index in [9.17, 15) is 19.2 Å². The van der Waals surface area contributed by atoms with Gasteiger partial charge in [-0.15, -0.1) is 5.53 Å². The van der Waals surface area contributed by atoms with Crippen LogP contribution in [0, 0.1) is 0 Å². The minimum Gasteiger partial charge on any atom is -0.313 e. The van der Waals surface area contributed by atoms with E-state index in [2.05, 4.69) is 15.9 Å². The molecule has 0 unspecified atom stereocenters. The number of nitrogens with one attached hydrogen (secondary N) is 4. The summed E-state index contributed by atoms with van der Waals surface area (Å²) in [5, 5.41) is 1.13. The molecule has 136 valence electrons. The molecule has 0 bridgehead atoms. The third-order valence-corrected chi connectivity index (χ3v) is 3.58. The number of carbonyl (C=O) groups is 2. The van der Waals surface area contributed by atoms with Crippen LogP contribution in [0.4, 0.5) is 5.69 Å². The molecule has 4 N–H and O–H groups in total. The number of H-pyrrole nitrogens is 2. The van der Waals surface area contributed by atoms with Gasteiger partial charge >= 0.3 is 5.69 Å². The van der Waals surface area contributed by atoms with Crippen LogP contribution in [-0.4, -0.2) is 21.8 Å². The summed E-state index contributed by atoms with van der Waals surface area (Å²) in [6, 6.07) is 17.1. The predicted molar refractivity (Wildman–Crippen MR) is 98.0 cm³/mol. The summed E-state index contributed by atoms with van der Waals surface area (Å²) in [6.07, 6.45) is 0.990. The van der Waals surface area contributed by atoms with Gasteiger partial charge in [0.15, 0.2) is 0 Å². The Bertz CT molecular complexity index is 1060. The molecule has 0 fully saturated rings. The summed E-state index contributed by atoms with van der Waals surface area (Å²) in [4.78, 5) is 51.9. The first-order valence-electron chi connectivity index (χ1n) is 7.89. The number of aromatic nitrogens is 2. The van der Waals surface area contributed by atoms with Crippen LogP contribution in [0.1, 0.15) is 20.7 Å². The van der Waals surface area contributed by atoms with Gasteiger partial charge in [0.2, 0.25) is 0 Å². The minimum absolute atomic E-state index is 0.317. The summed E-state index contributed by atoms with van der Waals surface area (Å²) in [5.41, 5.74) is 3.77. The molecular formula is C18H15N5O4. The molecule has 0 spiro atoms. The number of hydrogen-bond acceptors (Lipinski definition) is 5. The maximum absolute atomic E-state index is 12.8. The standard InChI is InChI=1S/C18H15N5O4/c24-15-14(11-19-18(27)20-15)16(25)21-22-23(13-9-5-2-6-10-13)17(26)12-7-3-1-4-8-12/h1-11,22H,(H,21,25)(H2,19,20,24,27). The largest absolute Gasteiger partial charge is 0.325 e. The zero-order valence-corrected chi connectivity index (χ0v) is 13.9. The van der Waals surface area contributed by atoms with Gasteiger partial charge < -0.3 is 4.98 Å². The highest BCUT2D eigenvalue weighted by Crippen LogP contribution is 2.14. The number of nitrogens with zero attached hydrogens (tertiary/aromatic N) is 1. The molecule has 0 aliphatic carbocycles. The fraction of sp³-hybridized carbons (Fsp3) is 0. The SMILES string of the molecule is O=C(NNN(C(=O)c1ccccc1)c1ccccc1)c1c[nH]c(=O)[nH]c1=O. The van der Waals surface area contributed by atoms with Crippen LogP contribution in [0.3, 0.4) is 0 Å². The molecule has 3 aromatic rings. The lowest BCUT2D eigenvalue weighted by Crippen LogP contribution is -2.53. The van der Waals surface area contributed by atoms with Gasteiger partial charge in [-0.3, -0.25) is 24.8 Å². The van der Waals surface area contributed by atoms with E-state index in [4.69, 9.17) is 0 Å². The van der Waals surface area contributed by atoms with Crippen molar-refractivity contribution in [3.63, 3.8) is 0 Å². The van der Waals surface area contributed by atoms with Gasteiger partial charge in [-0.05, 0) is 24.3 Å². The van der Waals surface area contributed by atoms with Gasteiger partial charge in [0.05, 0.1) is 5.69 Å². The van der Waals surface area contributed by atoms with Crippen molar-refractivity contribution in [1.82, 2.24) is 20.9 Å². The summed E-state index contributed by atoms with van der Waals surface area (Å²) >= 11 is 0. The highest BCUT2D eigenvalue weighted by molar-refractivity contribution is 6.05. The minimum atomic E-state index is -0.848. The Morgan fingerprint density at radius 3 is 2.15 bits per heavy atom. The van der Waals surface area contributed by atoms with E-state index in [1.807, 2.05) is 4.98 Å². The van der Waals surface area contributed by atoms with Crippen LogP contribution in [0.25, 0.3) is 0 Å². The van der Waals surface area contributed by atoms with Crippen molar-refractivity contribution in [2.45, 2.75) is 0 Å². The molecule has 1 aromatic heterocycles. The van der Waals surface area contributed by atoms with Crippen LogP contribution >= 0.6 is 0 Å². The van der Waals surface area contributed by atoms with Crippen LogP contribution in [0.15, 0.2) is 76.4 Å². The maximum Gasteiger partial charge on any atom is 0.325 e. The Morgan fingerprint density at radius 1 is 0.889 bits per heavy atom. The normalized spacial score (nSPS) is 10.2. The number of hydrazine groups is 2. The fourth-order valence-electron chi connectivity index (χ4n) is 2.27. The van der Waals surface area contributed by atoms with E-state index in [0.717, 1.165) is 11.2 Å². The second kappa shape index (κ2) is 7.93. The third kappa shape index (κ3) is 4.17. The quantitative estimate of drug-likeness (QED) is 0.491. The van der Waals surface area contributed by atoms with Crippen molar-refractivity contribution in [3.8, 4) is 0 Å². The lowest BCUT2D eigenvalue weighted by molar-refractivity contribution is 0.0906. The van der Waals surface area contributed by atoms with Gasteiger partial charge in [-0.1, -0.05) is 36.4 Å². The first-order valence-corrected chi connectivity index (χ1v) is 7.89. The number of rotatable bonds is 5. The van der Waals surface area contributed by atoms with Crippen LogP contribution in [0.2, 0.25) is 0 Å². The Kier molecular flexibility index (Phi) is 5.24. The lowest BCUT2D eigenvalue weighted by atomic mass is 10.2. The van der Waals surface area contributed by atoms with E-state index in [0.29, 0.717) is 11.3 Å². The van der Waals surface area contributed by atoms with E-state index in [1.165, 1.54) is 0 Å². The van der Waals surface area contributed by atoms with E-state index in [1.54, 1.807) is 60.7 Å².